The molecule has 4 heteroatoms. The quantitative estimate of drug-likeness (QED) is 0.786. The van der Waals surface area contributed by atoms with Gasteiger partial charge in [-0.15, -0.1) is 0 Å². The van der Waals surface area contributed by atoms with Crippen molar-refractivity contribution >= 4 is 11.7 Å². The Bertz CT molecular complexity index is 300. The fraction of sp³-hybridized carbons (Fsp3) is 0.400. The number of pyridine rings is 1. The maximum absolute atomic E-state index is 10.9. The average Bonchev–Trinajstić information content (AvgIpc) is 2.19. The van der Waals surface area contributed by atoms with Crippen molar-refractivity contribution in [3.8, 4) is 0 Å². The topological polar surface area (TPSA) is 53.4 Å². The summed E-state index contributed by atoms with van der Waals surface area (Å²) in [4.78, 5) is 16.5. The summed E-state index contributed by atoms with van der Waals surface area (Å²) >= 11 is 0. The molecule has 0 saturated heterocycles. The Labute approximate surface area is 83.2 Å². The van der Waals surface area contributed by atoms with E-state index >= 15 is 0 Å². The van der Waals surface area contributed by atoms with E-state index in [1.165, 1.54) is 0 Å². The molecule has 0 aliphatic carbocycles. The number of rotatable bonds is 4. The molecule has 0 spiro atoms. The number of hydrogen-bond acceptors (Lipinski definition) is 3. The standard InChI is InChI=1S/C10H14N2O2/c1-3-9(10(13)14)12(2)8-4-6-11-7-5-8/h4-7,9H,3H2,1-2H3,(H,13,14). The number of carboxylic acid groups (broad SMARTS) is 1. The molecule has 1 unspecified atom stereocenters. The number of hydrogen-bond donors (Lipinski definition) is 1. The highest BCUT2D eigenvalue weighted by Gasteiger charge is 2.20. The summed E-state index contributed by atoms with van der Waals surface area (Å²) in [7, 11) is 1.78. The fourth-order valence-electron chi connectivity index (χ4n) is 1.37. The Hall–Kier alpha value is -1.58. The highest BCUT2D eigenvalue weighted by molar-refractivity contribution is 5.77. The Morgan fingerprint density at radius 2 is 2.14 bits per heavy atom. The van der Waals surface area contributed by atoms with Gasteiger partial charge in [-0.05, 0) is 18.6 Å². The Morgan fingerprint density at radius 3 is 2.57 bits per heavy atom. The molecule has 0 aliphatic heterocycles. The van der Waals surface area contributed by atoms with E-state index < -0.39 is 12.0 Å². The van der Waals surface area contributed by atoms with Crippen molar-refractivity contribution in [3.05, 3.63) is 24.5 Å². The maximum atomic E-state index is 10.9. The molecule has 0 amide bonds. The second kappa shape index (κ2) is 4.60. The van der Waals surface area contributed by atoms with Crippen LogP contribution in [0.3, 0.4) is 0 Å². The van der Waals surface area contributed by atoms with Gasteiger partial charge in [0.25, 0.3) is 0 Å². The number of aliphatic carboxylic acids is 1. The van der Waals surface area contributed by atoms with Crippen LogP contribution in [-0.2, 0) is 4.79 Å². The molecule has 4 nitrogen and oxygen atoms in total. The second-order valence-corrected chi connectivity index (χ2v) is 3.08. The number of nitrogens with zero attached hydrogens (tertiary/aromatic N) is 2. The highest BCUT2D eigenvalue weighted by atomic mass is 16.4. The number of carbonyl (C=O) groups is 1. The molecule has 0 radical (unpaired) electrons. The minimum Gasteiger partial charge on any atom is -0.480 e. The first-order chi connectivity index (χ1) is 6.66. The van der Waals surface area contributed by atoms with E-state index in [0.29, 0.717) is 6.42 Å². The molecule has 76 valence electrons. The summed E-state index contributed by atoms with van der Waals surface area (Å²) in [5.74, 6) is -0.799. The number of carboxylic acids is 1. The largest absolute Gasteiger partial charge is 0.480 e. The predicted octanol–water partition coefficient (Wildman–Crippen LogP) is 1.38. The average molecular weight is 194 g/mol. The molecule has 14 heavy (non-hydrogen) atoms. The van der Waals surface area contributed by atoms with Crippen molar-refractivity contribution in [3.63, 3.8) is 0 Å². The molecule has 1 aromatic rings. The van der Waals surface area contributed by atoms with Gasteiger partial charge in [-0.1, -0.05) is 6.92 Å². The smallest absolute Gasteiger partial charge is 0.326 e. The number of aromatic nitrogens is 1. The van der Waals surface area contributed by atoms with Crippen LogP contribution in [0, 0.1) is 0 Å². The predicted molar refractivity (Wildman–Crippen MR) is 54.4 cm³/mol. The molecule has 1 rings (SSSR count). The SMILES string of the molecule is CCC(C(=O)O)N(C)c1ccncc1. The van der Waals surface area contributed by atoms with Gasteiger partial charge in [0, 0.05) is 25.1 Å². The maximum Gasteiger partial charge on any atom is 0.326 e. The molecular weight excluding hydrogens is 180 g/mol. The Kier molecular flexibility index (Phi) is 3.45. The zero-order chi connectivity index (χ0) is 10.6. The number of likely N-dealkylation sites (N-methyl/N-ethyl adjacent to an activating group) is 1. The van der Waals surface area contributed by atoms with Crippen molar-refractivity contribution in [1.29, 1.82) is 0 Å². The molecule has 0 fully saturated rings. The molecule has 0 saturated carbocycles. The van der Waals surface area contributed by atoms with E-state index in [9.17, 15) is 4.79 Å². The first-order valence-electron chi connectivity index (χ1n) is 4.52. The van der Waals surface area contributed by atoms with Gasteiger partial charge in [0.15, 0.2) is 0 Å². The van der Waals surface area contributed by atoms with Crippen LogP contribution in [-0.4, -0.2) is 29.1 Å². The van der Waals surface area contributed by atoms with Gasteiger partial charge in [-0.3, -0.25) is 4.98 Å². The van der Waals surface area contributed by atoms with Gasteiger partial charge < -0.3 is 10.0 Å². The normalized spacial score (nSPS) is 12.1. The summed E-state index contributed by atoms with van der Waals surface area (Å²) in [6, 6.07) is 3.12. The highest BCUT2D eigenvalue weighted by Crippen LogP contribution is 2.14. The molecule has 1 heterocycles. The lowest BCUT2D eigenvalue weighted by atomic mass is 10.2. The second-order valence-electron chi connectivity index (χ2n) is 3.08. The molecule has 1 N–H and O–H groups in total. The number of anilines is 1. The van der Waals surface area contributed by atoms with Crippen molar-refractivity contribution < 1.29 is 9.90 Å². The van der Waals surface area contributed by atoms with Gasteiger partial charge in [0.2, 0.25) is 0 Å². The lowest BCUT2D eigenvalue weighted by Gasteiger charge is -2.25. The van der Waals surface area contributed by atoms with Crippen LogP contribution in [0.25, 0.3) is 0 Å². The van der Waals surface area contributed by atoms with Gasteiger partial charge >= 0.3 is 5.97 Å². The van der Waals surface area contributed by atoms with Crippen molar-refractivity contribution in [2.24, 2.45) is 0 Å². The summed E-state index contributed by atoms with van der Waals surface area (Å²) < 4.78 is 0. The van der Waals surface area contributed by atoms with Gasteiger partial charge in [-0.2, -0.15) is 0 Å². The van der Waals surface area contributed by atoms with Crippen LogP contribution in [0.4, 0.5) is 5.69 Å². The first kappa shape index (κ1) is 10.5. The van der Waals surface area contributed by atoms with Crippen LogP contribution < -0.4 is 4.90 Å². The summed E-state index contributed by atoms with van der Waals surface area (Å²) in [6.45, 7) is 1.86. The van der Waals surface area contributed by atoms with E-state index in [-0.39, 0.29) is 0 Å². The van der Waals surface area contributed by atoms with Crippen molar-refractivity contribution in [2.75, 3.05) is 11.9 Å². The first-order valence-corrected chi connectivity index (χ1v) is 4.52. The third-order valence-electron chi connectivity index (χ3n) is 2.21. The summed E-state index contributed by atoms with van der Waals surface area (Å²) in [6.07, 6.45) is 3.88. The lowest BCUT2D eigenvalue weighted by Crippen LogP contribution is -2.37. The Balaban J connectivity index is 2.83. The van der Waals surface area contributed by atoms with Gasteiger partial charge in [-0.25, -0.2) is 4.79 Å². The molecule has 1 aromatic heterocycles. The Morgan fingerprint density at radius 1 is 1.57 bits per heavy atom. The molecule has 0 aromatic carbocycles. The van der Waals surface area contributed by atoms with Crippen molar-refractivity contribution in [1.82, 2.24) is 4.98 Å². The zero-order valence-electron chi connectivity index (χ0n) is 8.34. The minimum atomic E-state index is -0.799. The van der Waals surface area contributed by atoms with E-state index in [1.807, 2.05) is 6.92 Å². The third kappa shape index (κ3) is 2.22. The van der Waals surface area contributed by atoms with Gasteiger partial charge in [0.1, 0.15) is 6.04 Å². The van der Waals surface area contributed by atoms with Crippen LogP contribution in [0.2, 0.25) is 0 Å². The monoisotopic (exact) mass is 194 g/mol. The zero-order valence-corrected chi connectivity index (χ0v) is 8.34. The van der Waals surface area contributed by atoms with E-state index in [4.69, 9.17) is 5.11 Å². The van der Waals surface area contributed by atoms with Crippen LogP contribution in [0.1, 0.15) is 13.3 Å². The lowest BCUT2D eigenvalue weighted by molar-refractivity contribution is -0.138. The minimum absolute atomic E-state index is 0.475. The molecule has 0 aliphatic rings. The van der Waals surface area contributed by atoms with Gasteiger partial charge in [0.05, 0.1) is 0 Å². The van der Waals surface area contributed by atoms with E-state index in [1.54, 1.807) is 36.5 Å². The summed E-state index contributed by atoms with van der Waals surface area (Å²) in [5, 5.41) is 8.95. The third-order valence-corrected chi connectivity index (χ3v) is 2.21. The molecule has 1 atom stereocenters. The fourth-order valence-corrected chi connectivity index (χ4v) is 1.37. The van der Waals surface area contributed by atoms with Crippen molar-refractivity contribution in [2.45, 2.75) is 19.4 Å². The van der Waals surface area contributed by atoms with E-state index in [2.05, 4.69) is 4.98 Å². The molecular formula is C10H14N2O2. The summed E-state index contributed by atoms with van der Waals surface area (Å²) in [5.41, 5.74) is 0.870. The van der Waals surface area contributed by atoms with Crippen LogP contribution >= 0.6 is 0 Å². The van der Waals surface area contributed by atoms with Crippen LogP contribution in [0.5, 0.6) is 0 Å². The van der Waals surface area contributed by atoms with E-state index in [0.717, 1.165) is 5.69 Å². The molecule has 0 bridgehead atoms. The van der Waals surface area contributed by atoms with Crippen LogP contribution in [0.15, 0.2) is 24.5 Å².